The van der Waals surface area contributed by atoms with E-state index in [-0.39, 0.29) is 4.90 Å². The van der Waals surface area contributed by atoms with E-state index in [4.69, 9.17) is 0 Å². The maximum Gasteiger partial charge on any atom is 0.240 e. The fourth-order valence-electron chi connectivity index (χ4n) is 1.38. The molecule has 5 nitrogen and oxygen atoms in total. The third kappa shape index (κ3) is 4.83. The van der Waals surface area contributed by atoms with Gasteiger partial charge < -0.3 is 5.32 Å². The second-order valence-electron chi connectivity index (χ2n) is 3.72. The third-order valence-corrected chi connectivity index (χ3v) is 4.52. The molecule has 0 amide bonds. The Kier molecular flexibility index (Phi) is 6.45. The fraction of sp³-hybridized carbons (Fsp3) is 0.545. The minimum absolute atomic E-state index is 0.242. The van der Waals surface area contributed by atoms with Gasteiger partial charge in [-0.25, -0.2) is 18.1 Å². The van der Waals surface area contributed by atoms with Gasteiger partial charge in [-0.2, -0.15) is 11.8 Å². The lowest BCUT2D eigenvalue weighted by Gasteiger charge is -2.07. The molecule has 1 aromatic rings. The van der Waals surface area contributed by atoms with Crippen LogP contribution in [0, 0.1) is 0 Å². The Morgan fingerprint density at radius 2 is 2.17 bits per heavy atom. The molecule has 0 spiro atoms. The highest BCUT2D eigenvalue weighted by atomic mass is 32.2. The van der Waals surface area contributed by atoms with Gasteiger partial charge in [0.05, 0.1) is 4.90 Å². The predicted molar refractivity (Wildman–Crippen MR) is 76.6 cm³/mol. The van der Waals surface area contributed by atoms with Crippen molar-refractivity contribution in [3.05, 3.63) is 18.3 Å². The lowest BCUT2D eigenvalue weighted by molar-refractivity contribution is 0.578. The number of pyridine rings is 1. The number of hydrogen-bond acceptors (Lipinski definition) is 5. The molecular weight excluding hydrogens is 270 g/mol. The Bertz CT molecular complexity index is 463. The summed E-state index contributed by atoms with van der Waals surface area (Å²) in [4.78, 5) is 4.23. The van der Waals surface area contributed by atoms with E-state index in [1.165, 1.54) is 18.3 Å². The monoisotopic (exact) mass is 289 g/mol. The first-order valence-corrected chi connectivity index (χ1v) is 8.60. The van der Waals surface area contributed by atoms with Crippen molar-refractivity contribution in [3.8, 4) is 0 Å². The quantitative estimate of drug-likeness (QED) is 0.710. The van der Waals surface area contributed by atoms with Gasteiger partial charge >= 0.3 is 0 Å². The highest BCUT2D eigenvalue weighted by Gasteiger charge is 2.13. The molecule has 0 radical (unpaired) electrons. The van der Waals surface area contributed by atoms with Crippen molar-refractivity contribution in [1.29, 1.82) is 0 Å². The van der Waals surface area contributed by atoms with Gasteiger partial charge in [-0.05, 0) is 30.9 Å². The van der Waals surface area contributed by atoms with Crippen molar-refractivity contribution in [2.24, 2.45) is 0 Å². The molecule has 0 aliphatic heterocycles. The zero-order valence-corrected chi connectivity index (χ0v) is 12.3. The largest absolute Gasteiger partial charge is 0.373 e. The minimum Gasteiger partial charge on any atom is -0.373 e. The van der Waals surface area contributed by atoms with Crippen LogP contribution in [0.3, 0.4) is 0 Å². The Morgan fingerprint density at radius 1 is 1.39 bits per heavy atom. The molecule has 1 heterocycles. The normalized spacial score (nSPS) is 11.4. The Labute approximate surface area is 113 Å². The lowest BCUT2D eigenvalue weighted by atomic mass is 10.3. The summed E-state index contributed by atoms with van der Waals surface area (Å²) in [6.45, 7) is 0.472. The van der Waals surface area contributed by atoms with Crippen LogP contribution in [0.25, 0.3) is 0 Å². The molecule has 0 aliphatic rings. The molecule has 0 bridgehead atoms. The first-order chi connectivity index (χ1) is 8.60. The Hall–Kier alpha value is -0.790. The smallest absolute Gasteiger partial charge is 0.240 e. The summed E-state index contributed by atoms with van der Waals surface area (Å²) in [5.41, 5.74) is 0. The summed E-state index contributed by atoms with van der Waals surface area (Å²) in [5, 5.41) is 2.82. The molecule has 0 unspecified atom stereocenters. The van der Waals surface area contributed by atoms with Gasteiger partial charge in [-0.1, -0.05) is 0 Å². The molecular formula is C11H19N3O2S2. The first-order valence-electron chi connectivity index (χ1n) is 5.72. The summed E-state index contributed by atoms with van der Waals surface area (Å²) >= 11 is 1.77. The molecule has 1 aromatic heterocycles. The Balaban J connectivity index is 2.57. The van der Waals surface area contributed by atoms with Crippen molar-refractivity contribution in [1.82, 2.24) is 9.71 Å². The van der Waals surface area contributed by atoms with Crippen LogP contribution in [0.4, 0.5) is 5.82 Å². The second kappa shape index (κ2) is 7.60. The van der Waals surface area contributed by atoms with Gasteiger partial charge in [0, 0.05) is 25.9 Å². The number of anilines is 1. The molecule has 0 fully saturated rings. The molecule has 18 heavy (non-hydrogen) atoms. The van der Waals surface area contributed by atoms with E-state index in [2.05, 4.69) is 15.0 Å². The van der Waals surface area contributed by atoms with E-state index in [1.54, 1.807) is 18.8 Å². The van der Waals surface area contributed by atoms with Crippen LogP contribution in [0.2, 0.25) is 0 Å². The van der Waals surface area contributed by atoms with Crippen molar-refractivity contribution >= 4 is 27.6 Å². The standard InChI is InChI=1S/C11H19N3O2S2/c1-12-11-9-10(5-7-13-11)18(15,16)14-6-3-4-8-17-2/h5,7,9,14H,3-4,6,8H2,1-2H3,(H,12,13). The molecule has 0 saturated heterocycles. The van der Waals surface area contributed by atoms with E-state index in [0.717, 1.165) is 18.6 Å². The van der Waals surface area contributed by atoms with Crippen molar-refractivity contribution in [2.45, 2.75) is 17.7 Å². The van der Waals surface area contributed by atoms with Crippen LogP contribution in [0.15, 0.2) is 23.2 Å². The molecule has 102 valence electrons. The molecule has 1 rings (SSSR count). The van der Waals surface area contributed by atoms with Gasteiger partial charge in [0.15, 0.2) is 0 Å². The number of unbranched alkanes of at least 4 members (excludes halogenated alkanes) is 1. The highest BCUT2D eigenvalue weighted by molar-refractivity contribution is 7.98. The molecule has 0 atom stereocenters. The van der Waals surface area contributed by atoms with Gasteiger partial charge in [0.2, 0.25) is 10.0 Å². The highest BCUT2D eigenvalue weighted by Crippen LogP contribution is 2.12. The topological polar surface area (TPSA) is 71.1 Å². The Morgan fingerprint density at radius 3 is 2.83 bits per heavy atom. The van der Waals surface area contributed by atoms with Crippen molar-refractivity contribution in [3.63, 3.8) is 0 Å². The second-order valence-corrected chi connectivity index (χ2v) is 6.48. The van der Waals surface area contributed by atoms with Gasteiger partial charge in [-0.15, -0.1) is 0 Å². The number of sulfonamides is 1. The number of nitrogens with one attached hydrogen (secondary N) is 2. The van der Waals surface area contributed by atoms with E-state index < -0.39 is 10.0 Å². The van der Waals surface area contributed by atoms with Crippen LogP contribution in [-0.2, 0) is 10.0 Å². The lowest BCUT2D eigenvalue weighted by Crippen LogP contribution is -2.25. The predicted octanol–water partition coefficient (Wildman–Crippen LogP) is 1.54. The van der Waals surface area contributed by atoms with Crippen LogP contribution in [0.1, 0.15) is 12.8 Å². The van der Waals surface area contributed by atoms with Gasteiger partial charge in [0.1, 0.15) is 5.82 Å². The van der Waals surface area contributed by atoms with Crippen LogP contribution < -0.4 is 10.0 Å². The molecule has 2 N–H and O–H groups in total. The third-order valence-electron chi connectivity index (χ3n) is 2.37. The number of aromatic nitrogens is 1. The molecule has 0 aliphatic carbocycles. The van der Waals surface area contributed by atoms with E-state index in [1.807, 2.05) is 6.26 Å². The van der Waals surface area contributed by atoms with Crippen LogP contribution >= 0.6 is 11.8 Å². The zero-order chi connectivity index (χ0) is 13.4. The maximum atomic E-state index is 12.0. The SMILES string of the molecule is CNc1cc(S(=O)(=O)NCCCCSC)ccn1. The van der Waals surface area contributed by atoms with Gasteiger partial charge in [0.25, 0.3) is 0 Å². The summed E-state index contributed by atoms with van der Waals surface area (Å²) in [7, 11) is -1.71. The summed E-state index contributed by atoms with van der Waals surface area (Å²) in [6.07, 6.45) is 5.39. The molecule has 0 aromatic carbocycles. The zero-order valence-electron chi connectivity index (χ0n) is 10.6. The number of rotatable bonds is 8. The molecule has 7 heteroatoms. The maximum absolute atomic E-state index is 12.0. The minimum atomic E-state index is -3.42. The van der Waals surface area contributed by atoms with Crippen LogP contribution in [-0.4, -0.2) is 39.0 Å². The fourth-order valence-corrected chi connectivity index (χ4v) is 2.96. The number of hydrogen-bond donors (Lipinski definition) is 2. The number of thioether (sulfide) groups is 1. The average molecular weight is 289 g/mol. The van der Waals surface area contributed by atoms with Gasteiger partial charge in [-0.3, -0.25) is 0 Å². The molecule has 0 saturated carbocycles. The van der Waals surface area contributed by atoms with Crippen LogP contribution in [0.5, 0.6) is 0 Å². The summed E-state index contributed by atoms with van der Waals surface area (Å²) < 4.78 is 26.5. The van der Waals surface area contributed by atoms with E-state index >= 15 is 0 Å². The summed E-state index contributed by atoms with van der Waals surface area (Å²) in [6, 6.07) is 3.01. The van der Waals surface area contributed by atoms with Crippen molar-refractivity contribution in [2.75, 3.05) is 30.9 Å². The van der Waals surface area contributed by atoms with Crippen molar-refractivity contribution < 1.29 is 8.42 Å². The van der Waals surface area contributed by atoms with E-state index in [9.17, 15) is 8.42 Å². The van der Waals surface area contributed by atoms with E-state index in [0.29, 0.717) is 12.4 Å². The summed E-state index contributed by atoms with van der Waals surface area (Å²) in [5.74, 6) is 1.60. The average Bonchev–Trinajstić information content (AvgIpc) is 2.38. The first kappa shape index (κ1) is 15.3. The number of nitrogens with zero attached hydrogens (tertiary/aromatic N) is 1.